The highest BCUT2D eigenvalue weighted by atomic mass is 16.4. The van der Waals surface area contributed by atoms with Gasteiger partial charge in [0.25, 0.3) is 0 Å². The second-order valence-electron chi connectivity index (χ2n) is 7.21. The number of hydrogen-bond acceptors (Lipinski definition) is 2. The van der Waals surface area contributed by atoms with Crippen molar-refractivity contribution in [1.29, 1.82) is 0 Å². The molecule has 2 fully saturated rings. The van der Waals surface area contributed by atoms with Crippen molar-refractivity contribution in [3.63, 3.8) is 0 Å². The Labute approximate surface area is 136 Å². The van der Waals surface area contributed by atoms with E-state index in [1.807, 2.05) is 6.92 Å². The van der Waals surface area contributed by atoms with E-state index in [-0.39, 0.29) is 18.6 Å². The summed E-state index contributed by atoms with van der Waals surface area (Å²) in [4.78, 5) is 25.5. The number of benzene rings is 1. The van der Waals surface area contributed by atoms with Crippen LogP contribution in [0.2, 0.25) is 0 Å². The minimum absolute atomic E-state index is 0.0276. The summed E-state index contributed by atoms with van der Waals surface area (Å²) in [6.07, 6.45) is 2.77. The molecule has 2 aliphatic rings. The number of nitrogens with zero attached hydrogens (tertiary/aromatic N) is 1. The van der Waals surface area contributed by atoms with Gasteiger partial charge in [0, 0.05) is 13.1 Å². The Kier molecular flexibility index (Phi) is 4.04. The lowest BCUT2D eigenvalue weighted by Crippen LogP contribution is -2.42. The van der Waals surface area contributed by atoms with E-state index < -0.39 is 11.4 Å². The highest BCUT2D eigenvalue weighted by molar-refractivity contribution is 5.79. The Morgan fingerprint density at radius 2 is 1.96 bits per heavy atom. The summed E-state index contributed by atoms with van der Waals surface area (Å²) in [7, 11) is 0. The molecule has 1 aromatic carbocycles. The maximum atomic E-state index is 12.6. The average molecular weight is 316 g/mol. The highest BCUT2D eigenvalue weighted by Crippen LogP contribution is 2.41. The van der Waals surface area contributed by atoms with E-state index in [1.165, 1.54) is 5.56 Å². The number of likely N-dealkylation sites (tertiary alicyclic amines) is 1. The second-order valence-corrected chi connectivity index (χ2v) is 7.21. The lowest BCUT2D eigenvalue weighted by molar-refractivity contribution is -0.147. The molecule has 23 heavy (non-hydrogen) atoms. The maximum Gasteiger partial charge on any atom is 0.317 e. The number of amides is 2. The first kappa shape index (κ1) is 15.8. The van der Waals surface area contributed by atoms with Gasteiger partial charge in [-0.15, -0.1) is 0 Å². The number of aryl methyl sites for hydroxylation is 1. The van der Waals surface area contributed by atoms with Crippen LogP contribution in [0.15, 0.2) is 24.3 Å². The zero-order chi connectivity index (χ0) is 16.6. The summed E-state index contributed by atoms with van der Waals surface area (Å²) in [5.41, 5.74) is 1.51. The summed E-state index contributed by atoms with van der Waals surface area (Å²) >= 11 is 0. The lowest BCUT2D eigenvalue weighted by Gasteiger charge is -2.25. The molecule has 2 atom stereocenters. The summed E-state index contributed by atoms with van der Waals surface area (Å²) in [6.45, 7) is 4.53. The molecule has 0 spiro atoms. The zero-order valence-electron chi connectivity index (χ0n) is 13.7. The molecule has 2 unspecified atom stereocenters. The molecule has 1 aromatic rings. The molecule has 5 heteroatoms. The van der Waals surface area contributed by atoms with Crippen molar-refractivity contribution in [2.24, 2.45) is 11.3 Å². The number of carboxylic acid groups (broad SMARTS) is 1. The molecule has 1 heterocycles. The van der Waals surface area contributed by atoms with Crippen molar-refractivity contribution in [3.8, 4) is 0 Å². The normalized spacial score (nSPS) is 25.2. The van der Waals surface area contributed by atoms with Gasteiger partial charge in [-0.1, -0.05) is 29.8 Å². The van der Waals surface area contributed by atoms with Gasteiger partial charge in [0.1, 0.15) is 0 Å². The van der Waals surface area contributed by atoms with E-state index >= 15 is 0 Å². The molecule has 1 aliphatic carbocycles. The van der Waals surface area contributed by atoms with Gasteiger partial charge in [-0.25, -0.2) is 4.79 Å². The number of carboxylic acids is 1. The number of aliphatic carboxylic acids is 1. The van der Waals surface area contributed by atoms with Crippen LogP contribution in [0.4, 0.5) is 4.79 Å². The molecule has 2 amide bonds. The monoisotopic (exact) mass is 316 g/mol. The minimum atomic E-state index is -0.829. The van der Waals surface area contributed by atoms with Crippen LogP contribution in [0.1, 0.15) is 43.4 Å². The Hall–Kier alpha value is -2.04. The predicted molar refractivity (Wildman–Crippen MR) is 87.1 cm³/mol. The van der Waals surface area contributed by atoms with Gasteiger partial charge in [0.15, 0.2) is 0 Å². The fourth-order valence-electron chi connectivity index (χ4n) is 3.21. The molecule has 124 valence electrons. The fraction of sp³-hybridized carbons (Fsp3) is 0.556. The van der Waals surface area contributed by atoms with Gasteiger partial charge < -0.3 is 15.3 Å². The van der Waals surface area contributed by atoms with E-state index in [1.54, 1.807) is 11.8 Å². The molecule has 1 saturated heterocycles. The quantitative estimate of drug-likeness (QED) is 0.897. The van der Waals surface area contributed by atoms with Gasteiger partial charge >= 0.3 is 12.0 Å². The van der Waals surface area contributed by atoms with Crippen LogP contribution in [0.5, 0.6) is 0 Å². The second kappa shape index (κ2) is 5.87. The Balaban J connectivity index is 1.68. The third-order valence-corrected chi connectivity index (χ3v) is 5.09. The van der Waals surface area contributed by atoms with E-state index in [2.05, 4.69) is 29.6 Å². The molecule has 2 N–H and O–H groups in total. The number of carbonyl (C=O) groups excluding carboxylic acids is 1. The number of nitrogens with one attached hydrogen (secondary N) is 1. The van der Waals surface area contributed by atoms with Crippen molar-refractivity contribution in [2.45, 2.75) is 39.2 Å². The topological polar surface area (TPSA) is 69.6 Å². The third-order valence-electron chi connectivity index (χ3n) is 5.09. The van der Waals surface area contributed by atoms with Crippen molar-refractivity contribution >= 4 is 12.0 Å². The van der Waals surface area contributed by atoms with Crippen LogP contribution in [-0.2, 0) is 4.79 Å². The molecular weight excluding hydrogens is 292 g/mol. The first-order chi connectivity index (χ1) is 10.9. The number of rotatable bonds is 4. The van der Waals surface area contributed by atoms with Gasteiger partial charge in [-0.2, -0.15) is 0 Å². The summed E-state index contributed by atoms with van der Waals surface area (Å²) in [6, 6.07) is 8.16. The smallest absolute Gasteiger partial charge is 0.317 e. The molecule has 3 rings (SSSR count). The Morgan fingerprint density at radius 1 is 1.30 bits per heavy atom. The summed E-state index contributed by atoms with van der Waals surface area (Å²) in [5.74, 6) is -0.333. The Bertz CT molecular complexity index is 609. The molecule has 1 saturated carbocycles. The van der Waals surface area contributed by atoms with Crippen LogP contribution in [-0.4, -0.2) is 35.1 Å². The fourth-order valence-corrected chi connectivity index (χ4v) is 3.21. The van der Waals surface area contributed by atoms with Crippen molar-refractivity contribution in [2.75, 3.05) is 13.1 Å². The molecule has 0 aromatic heterocycles. The van der Waals surface area contributed by atoms with Crippen LogP contribution >= 0.6 is 0 Å². The van der Waals surface area contributed by atoms with Gasteiger partial charge in [-0.05, 0) is 44.6 Å². The van der Waals surface area contributed by atoms with Gasteiger partial charge in [0.05, 0.1) is 11.5 Å². The Morgan fingerprint density at radius 3 is 2.48 bits per heavy atom. The molecule has 0 radical (unpaired) electrons. The van der Waals surface area contributed by atoms with Gasteiger partial charge in [0.2, 0.25) is 0 Å². The largest absolute Gasteiger partial charge is 0.481 e. The first-order valence-corrected chi connectivity index (χ1v) is 8.24. The van der Waals surface area contributed by atoms with E-state index in [4.69, 9.17) is 0 Å². The maximum absolute atomic E-state index is 12.6. The average Bonchev–Trinajstić information content (AvgIpc) is 3.27. The van der Waals surface area contributed by atoms with Crippen LogP contribution in [0, 0.1) is 18.3 Å². The predicted octanol–water partition coefficient (Wildman–Crippen LogP) is 2.95. The summed E-state index contributed by atoms with van der Waals surface area (Å²) in [5, 5.41) is 12.4. The van der Waals surface area contributed by atoms with Crippen LogP contribution in [0.3, 0.4) is 0 Å². The van der Waals surface area contributed by atoms with Crippen molar-refractivity contribution < 1.29 is 14.7 Å². The van der Waals surface area contributed by atoms with Crippen molar-refractivity contribution in [1.82, 2.24) is 10.2 Å². The van der Waals surface area contributed by atoms with E-state index in [9.17, 15) is 14.7 Å². The lowest BCUT2D eigenvalue weighted by atomic mass is 9.90. The molecule has 1 aliphatic heterocycles. The van der Waals surface area contributed by atoms with Crippen LogP contribution < -0.4 is 5.32 Å². The van der Waals surface area contributed by atoms with E-state index in [0.717, 1.165) is 18.4 Å². The molecular formula is C18H24N2O3. The number of urea groups is 1. The van der Waals surface area contributed by atoms with Crippen LogP contribution in [0.25, 0.3) is 0 Å². The number of carbonyl (C=O) groups is 2. The van der Waals surface area contributed by atoms with Crippen molar-refractivity contribution in [3.05, 3.63) is 35.4 Å². The minimum Gasteiger partial charge on any atom is -0.481 e. The highest BCUT2D eigenvalue weighted by Gasteiger charge is 2.43. The zero-order valence-corrected chi connectivity index (χ0v) is 13.7. The van der Waals surface area contributed by atoms with E-state index in [0.29, 0.717) is 18.9 Å². The standard InChI is InChI=1S/C18H24N2O3/c1-12-3-5-13(6-4-12)15(14-7-8-14)19-17(23)20-10-9-18(2,11-20)16(21)22/h3-6,14-15H,7-11H2,1-2H3,(H,19,23)(H,21,22). The number of hydrogen-bond donors (Lipinski definition) is 2. The molecule has 0 bridgehead atoms. The van der Waals surface area contributed by atoms with Gasteiger partial charge in [-0.3, -0.25) is 4.79 Å². The third kappa shape index (κ3) is 3.33. The first-order valence-electron chi connectivity index (χ1n) is 8.24. The molecule has 5 nitrogen and oxygen atoms in total. The SMILES string of the molecule is Cc1ccc(C(NC(=O)N2CCC(C)(C(=O)O)C2)C2CC2)cc1. The summed E-state index contributed by atoms with van der Waals surface area (Å²) < 4.78 is 0.